The Bertz CT molecular complexity index is 880. The number of aromatic nitrogens is 1. The van der Waals surface area contributed by atoms with E-state index in [9.17, 15) is 19.5 Å². The van der Waals surface area contributed by atoms with Crippen LogP contribution in [0.5, 0.6) is 0 Å². The van der Waals surface area contributed by atoms with Crippen molar-refractivity contribution in [2.24, 2.45) is 5.16 Å². The molecule has 2 aliphatic heterocycles. The zero-order valence-electron chi connectivity index (χ0n) is 14.0. The van der Waals surface area contributed by atoms with Gasteiger partial charge in [0.25, 0.3) is 11.8 Å². The van der Waals surface area contributed by atoms with Crippen LogP contribution in [0.2, 0.25) is 0 Å². The highest BCUT2D eigenvalue weighted by atomic mass is 32.2. The Morgan fingerprint density at radius 1 is 1.56 bits per heavy atom. The molecule has 3 atom stereocenters. The molecule has 1 fully saturated rings. The number of anilines is 1. The van der Waals surface area contributed by atoms with Gasteiger partial charge < -0.3 is 21.0 Å². The Hall–Kier alpha value is -2.86. The summed E-state index contributed by atoms with van der Waals surface area (Å²) >= 11 is 2.36. The lowest BCUT2D eigenvalue weighted by atomic mass is 10.0. The summed E-state index contributed by atoms with van der Waals surface area (Å²) < 4.78 is 0. The van der Waals surface area contributed by atoms with Crippen LogP contribution < -0.4 is 11.1 Å². The normalized spacial score (nSPS) is 24.4. The number of nitrogens with two attached hydrogens (primary N) is 1. The van der Waals surface area contributed by atoms with Gasteiger partial charge in [0.15, 0.2) is 10.8 Å². The van der Waals surface area contributed by atoms with Crippen LogP contribution in [0.3, 0.4) is 0 Å². The van der Waals surface area contributed by atoms with Crippen molar-refractivity contribution in [3.63, 3.8) is 0 Å². The molecule has 0 aromatic carbocycles. The Kier molecular flexibility index (Phi) is 5.19. The molecule has 0 saturated carbocycles. The number of carbonyl (C=O) groups excluding carboxylic acids is 2. The number of hydrogen-bond acceptors (Lipinski definition) is 9. The SMILES string of the molecule is C=CC1C=C(C(=O)O)N2C(=O)C(NC(=O)C(=NOC)c3cnc(N)s3)[C@@H]2S1. The van der Waals surface area contributed by atoms with Crippen LogP contribution in [-0.2, 0) is 19.2 Å². The highest BCUT2D eigenvalue weighted by Gasteiger charge is 2.54. The Labute approximate surface area is 161 Å². The summed E-state index contributed by atoms with van der Waals surface area (Å²) in [7, 11) is 1.28. The number of hydrogen-bond donors (Lipinski definition) is 3. The Balaban J connectivity index is 1.80. The molecule has 2 amide bonds. The lowest BCUT2D eigenvalue weighted by Crippen LogP contribution is -2.71. The van der Waals surface area contributed by atoms with Gasteiger partial charge in [0, 0.05) is 11.4 Å². The second kappa shape index (κ2) is 7.40. The van der Waals surface area contributed by atoms with Gasteiger partial charge >= 0.3 is 5.97 Å². The molecular weight excluding hydrogens is 394 g/mol. The molecule has 2 unspecified atom stereocenters. The van der Waals surface area contributed by atoms with E-state index in [4.69, 9.17) is 10.6 Å². The van der Waals surface area contributed by atoms with Crippen LogP contribution in [0.15, 0.2) is 35.8 Å². The number of rotatable bonds is 6. The number of fused-ring (bicyclic) bond motifs is 1. The molecule has 12 heteroatoms. The van der Waals surface area contributed by atoms with E-state index in [0.717, 1.165) is 16.2 Å². The molecule has 10 nitrogen and oxygen atoms in total. The molecular formula is C15H15N5O5S2. The fraction of sp³-hybridized carbons (Fsp3) is 0.267. The molecule has 142 valence electrons. The number of β-lactam (4-membered cyclic amide) rings is 1. The van der Waals surface area contributed by atoms with E-state index in [1.807, 2.05) is 0 Å². The number of carbonyl (C=O) groups is 3. The van der Waals surface area contributed by atoms with Crippen molar-refractivity contribution in [2.45, 2.75) is 16.7 Å². The van der Waals surface area contributed by atoms with Crippen molar-refractivity contribution in [2.75, 3.05) is 12.8 Å². The predicted octanol–water partition coefficient (Wildman–Crippen LogP) is -0.00120. The quantitative estimate of drug-likeness (QED) is 0.257. The predicted molar refractivity (Wildman–Crippen MR) is 99.9 cm³/mol. The topological polar surface area (TPSA) is 147 Å². The molecule has 3 rings (SSSR count). The van der Waals surface area contributed by atoms with E-state index in [1.54, 1.807) is 6.08 Å². The third-order valence-corrected chi connectivity index (χ3v) is 6.05. The second-order valence-corrected chi connectivity index (χ2v) is 7.79. The maximum Gasteiger partial charge on any atom is 0.352 e. The van der Waals surface area contributed by atoms with Gasteiger partial charge in [-0.1, -0.05) is 22.6 Å². The summed E-state index contributed by atoms with van der Waals surface area (Å²) in [5.74, 6) is -2.38. The fourth-order valence-electron chi connectivity index (χ4n) is 2.62. The maximum atomic E-state index is 12.6. The molecule has 2 aliphatic rings. The second-order valence-electron chi connectivity index (χ2n) is 5.43. The van der Waals surface area contributed by atoms with Crippen LogP contribution in [0, 0.1) is 0 Å². The van der Waals surface area contributed by atoms with Crippen molar-refractivity contribution < 1.29 is 24.3 Å². The minimum Gasteiger partial charge on any atom is -0.477 e. The summed E-state index contributed by atoms with van der Waals surface area (Å²) in [5.41, 5.74) is 5.38. The smallest absolute Gasteiger partial charge is 0.352 e. The minimum atomic E-state index is -1.22. The number of aliphatic carboxylic acids is 1. The zero-order valence-corrected chi connectivity index (χ0v) is 15.6. The van der Waals surface area contributed by atoms with E-state index in [0.29, 0.717) is 4.88 Å². The summed E-state index contributed by atoms with van der Waals surface area (Å²) in [6.45, 7) is 3.66. The minimum absolute atomic E-state index is 0.0759. The average Bonchev–Trinajstić information content (AvgIpc) is 3.08. The average molecular weight is 409 g/mol. The number of nitrogens with one attached hydrogen (secondary N) is 1. The molecule has 3 heterocycles. The molecule has 0 radical (unpaired) electrons. The molecule has 4 N–H and O–H groups in total. The van der Waals surface area contributed by atoms with Gasteiger partial charge in [-0.15, -0.1) is 18.3 Å². The van der Waals surface area contributed by atoms with Crippen LogP contribution in [0.4, 0.5) is 5.13 Å². The van der Waals surface area contributed by atoms with E-state index >= 15 is 0 Å². The van der Waals surface area contributed by atoms with Crippen molar-refractivity contribution in [3.05, 3.63) is 35.5 Å². The highest BCUT2D eigenvalue weighted by Crippen LogP contribution is 2.41. The van der Waals surface area contributed by atoms with Crippen LogP contribution >= 0.6 is 23.1 Å². The van der Waals surface area contributed by atoms with Gasteiger partial charge in [-0.25, -0.2) is 9.78 Å². The monoisotopic (exact) mass is 409 g/mol. The van der Waals surface area contributed by atoms with Crippen molar-refractivity contribution in [3.8, 4) is 0 Å². The molecule has 0 aliphatic carbocycles. The first-order valence-corrected chi connectivity index (χ1v) is 9.33. The molecule has 0 spiro atoms. The Morgan fingerprint density at radius 3 is 2.85 bits per heavy atom. The summed E-state index contributed by atoms with van der Waals surface area (Å²) in [5, 5.41) is 15.0. The summed E-state index contributed by atoms with van der Waals surface area (Å²) in [4.78, 5) is 46.6. The van der Waals surface area contributed by atoms with Crippen molar-refractivity contribution in [1.29, 1.82) is 0 Å². The number of carboxylic acids is 1. The van der Waals surface area contributed by atoms with Gasteiger partial charge in [-0.3, -0.25) is 14.5 Å². The molecule has 1 aromatic rings. The van der Waals surface area contributed by atoms with Gasteiger partial charge in [-0.2, -0.15) is 0 Å². The number of oxime groups is 1. The van der Waals surface area contributed by atoms with Crippen LogP contribution in [-0.4, -0.2) is 62.3 Å². The first kappa shape index (κ1) is 18.9. The number of amides is 2. The van der Waals surface area contributed by atoms with Crippen molar-refractivity contribution >= 4 is 51.7 Å². The number of carboxylic acid groups (broad SMARTS) is 1. The van der Waals surface area contributed by atoms with Crippen LogP contribution in [0.25, 0.3) is 0 Å². The standard InChI is InChI=1S/C15H15N5O5S2/c1-3-6-4-7(14(23)24)20-12(22)10(13(20)26-6)18-11(21)9(19-25-2)8-5-17-15(16)27-8/h3-6,10,13H,1H2,2H3,(H2,16,17)(H,18,21)(H,23,24)/t6?,10?,13-/m0/s1. The molecule has 1 aromatic heterocycles. The van der Waals surface area contributed by atoms with E-state index in [1.165, 1.54) is 31.1 Å². The highest BCUT2D eigenvalue weighted by molar-refractivity contribution is 8.01. The van der Waals surface area contributed by atoms with E-state index in [2.05, 4.69) is 22.0 Å². The largest absolute Gasteiger partial charge is 0.477 e. The third kappa shape index (κ3) is 3.40. The molecule has 1 saturated heterocycles. The molecule has 27 heavy (non-hydrogen) atoms. The lowest BCUT2D eigenvalue weighted by molar-refractivity contribution is -0.150. The van der Waals surface area contributed by atoms with Crippen LogP contribution in [0.1, 0.15) is 4.88 Å². The van der Waals surface area contributed by atoms with Gasteiger partial charge in [0.05, 0.1) is 4.88 Å². The first-order valence-electron chi connectivity index (χ1n) is 7.57. The Morgan fingerprint density at radius 2 is 2.30 bits per heavy atom. The third-order valence-electron chi connectivity index (χ3n) is 3.81. The van der Waals surface area contributed by atoms with Crippen molar-refractivity contribution in [1.82, 2.24) is 15.2 Å². The van der Waals surface area contributed by atoms with Gasteiger partial charge in [-0.05, 0) is 6.08 Å². The molecule has 0 bridgehead atoms. The zero-order chi connectivity index (χ0) is 19.7. The first-order chi connectivity index (χ1) is 12.9. The van der Waals surface area contributed by atoms with E-state index in [-0.39, 0.29) is 21.8 Å². The lowest BCUT2D eigenvalue weighted by Gasteiger charge is -2.49. The summed E-state index contributed by atoms with van der Waals surface area (Å²) in [6, 6.07) is -0.902. The number of thioether (sulfide) groups is 1. The number of nitrogen functional groups attached to an aromatic ring is 1. The summed E-state index contributed by atoms with van der Waals surface area (Å²) in [6.07, 6.45) is 4.40. The maximum absolute atomic E-state index is 12.6. The number of nitrogens with zero attached hydrogens (tertiary/aromatic N) is 3. The van der Waals surface area contributed by atoms with Gasteiger partial charge in [0.1, 0.15) is 24.2 Å². The van der Waals surface area contributed by atoms with Gasteiger partial charge in [0.2, 0.25) is 0 Å². The fourth-order valence-corrected chi connectivity index (χ4v) is 4.61. The number of thiazole rings is 1. The van der Waals surface area contributed by atoms with E-state index < -0.39 is 29.2 Å².